The second-order valence-electron chi connectivity index (χ2n) is 5.21. The molecule has 3 nitrogen and oxygen atoms in total. The van der Waals surface area contributed by atoms with Crippen molar-refractivity contribution in [3.63, 3.8) is 0 Å². The fourth-order valence-electron chi connectivity index (χ4n) is 2.31. The minimum Gasteiger partial charge on any atom is -0.468 e. The Hall–Kier alpha value is -0.800. The SMILES string of the molecule is CCNCc1coc(CN(CC)CC(CC)CC)c1. The van der Waals surface area contributed by atoms with Gasteiger partial charge in [0.25, 0.3) is 0 Å². The van der Waals surface area contributed by atoms with Crippen molar-refractivity contribution in [1.29, 1.82) is 0 Å². The molecule has 0 saturated carbocycles. The van der Waals surface area contributed by atoms with Gasteiger partial charge in [0.2, 0.25) is 0 Å². The fraction of sp³-hybridized carbons (Fsp3) is 0.750. The highest BCUT2D eigenvalue weighted by Crippen LogP contribution is 2.14. The molecule has 1 rings (SSSR count). The summed E-state index contributed by atoms with van der Waals surface area (Å²) in [5.74, 6) is 1.89. The first-order valence-electron chi connectivity index (χ1n) is 7.72. The van der Waals surface area contributed by atoms with E-state index in [0.29, 0.717) is 0 Å². The summed E-state index contributed by atoms with van der Waals surface area (Å²) in [7, 11) is 0. The Morgan fingerprint density at radius 2 is 1.95 bits per heavy atom. The van der Waals surface area contributed by atoms with E-state index in [-0.39, 0.29) is 0 Å². The molecule has 1 aromatic rings. The molecule has 0 aromatic carbocycles. The zero-order chi connectivity index (χ0) is 14.1. The summed E-state index contributed by atoms with van der Waals surface area (Å²) in [6.07, 6.45) is 4.40. The molecule has 0 aliphatic carbocycles. The van der Waals surface area contributed by atoms with Crippen molar-refractivity contribution in [2.75, 3.05) is 19.6 Å². The van der Waals surface area contributed by atoms with Crippen LogP contribution in [0.1, 0.15) is 51.9 Å². The summed E-state index contributed by atoms with van der Waals surface area (Å²) in [6, 6.07) is 2.18. The van der Waals surface area contributed by atoms with Gasteiger partial charge in [-0.25, -0.2) is 0 Å². The van der Waals surface area contributed by atoms with Gasteiger partial charge in [-0.1, -0.05) is 40.5 Å². The van der Waals surface area contributed by atoms with Gasteiger partial charge in [0.15, 0.2) is 0 Å². The van der Waals surface area contributed by atoms with Gasteiger partial charge in [-0.15, -0.1) is 0 Å². The molecule has 0 aliphatic rings. The lowest BCUT2D eigenvalue weighted by atomic mass is 10.0. The van der Waals surface area contributed by atoms with E-state index < -0.39 is 0 Å². The molecule has 0 fully saturated rings. The highest BCUT2D eigenvalue weighted by Gasteiger charge is 2.12. The van der Waals surface area contributed by atoms with Gasteiger partial charge < -0.3 is 9.73 Å². The van der Waals surface area contributed by atoms with E-state index in [1.165, 1.54) is 24.9 Å². The molecule has 0 amide bonds. The van der Waals surface area contributed by atoms with E-state index in [1.807, 2.05) is 6.26 Å². The van der Waals surface area contributed by atoms with Crippen LogP contribution in [0, 0.1) is 5.92 Å². The van der Waals surface area contributed by atoms with Crippen molar-refractivity contribution in [2.45, 2.75) is 53.6 Å². The van der Waals surface area contributed by atoms with Crippen LogP contribution in [0.5, 0.6) is 0 Å². The normalized spacial score (nSPS) is 11.7. The maximum Gasteiger partial charge on any atom is 0.118 e. The van der Waals surface area contributed by atoms with E-state index in [2.05, 4.69) is 44.0 Å². The molecule has 0 spiro atoms. The Bertz CT molecular complexity index is 331. The lowest BCUT2D eigenvalue weighted by Gasteiger charge is -2.24. The zero-order valence-corrected chi connectivity index (χ0v) is 13.0. The van der Waals surface area contributed by atoms with Crippen LogP contribution in [0.2, 0.25) is 0 Å². The second-order valence-corrected chi connectivity index (χ2v) is 5.21. The Morgan fingerprint density at radius 1 is 1.21 bits per heavy atom. The summed E-state index contributed by atoms with van der Waals surface area (Å²) < 4.78 is 5.66. The van der Waals surface area contributed by atoms with Crippen LogP contribution in [-0.2, 0) is 13.1 Å². The van der Waals surface area contributed by atoms with Gasteiger partial charge in [0, 0.05) is 18.7 Å². The van der Waals surface area contributed by atoms with E-state index >= 15 is 0 Å². The Labute approximate surface area is 118 Å². The summed E-state index contributed by atoms with van der Waals surface area (Å²) in [5.41, 5.74) is 1.25. The summed E-state index contributed by atoms with van der Waals surface area (Å²) in [5, 5.41) is 3.32. The van der Waals surface area contributed by atoms with Gasteiger partial charge in [-0.3, -0.25) is 4.90 Å². The van der Waals surface area contributed by atoms with E-state index in [1.54, 1.807) is 0 Å². The fourth-order valence-corrected chi connectivity index (χ4v) is 2.31. The Morgan fingerprint density at radius 3 is 2.53 bits per heavy atom. The third-order valence-corrected chi connectivity index (χ3v) is 3.78. The van der Waals surface area contributed by atoms with Crippen LogP contribution in [0.4, 0.5) is 0 Å². The number of hydrogen-bond acceptors (Lipinski definition) is 3. The molecule has 19 heavy (non-hydrogen) atoms. The van der Waals surface area contributed by atoms with Crippen LogP contribution in [0.3, 0.4) is 0 Å². The van der Waals surface area contributed by atoms with Crippen LogP contribution in [0.25, 0.3) is 0 Å². The predicted molar refractivity (Wildman–Crippen MR) is 81.1 cm³/mol. The number of furan rings is 1. The molecule has 0 unspecified atom stereocenters. The molecule has 0 atom stereocenters. The molecule has 1 heterocycles. The maximum absolute atomic E-state index is 5.66. The van der Waals surface area contributed by atoms with Gasteiger partial charge in [-0.05, 0) is 25.1 Å². The third kappa shape index (κ3) is 5.79. The topological polar surface area (TPSA) is 28.4 Å². The highest BCUT2D eigenvalue weighted by atomic mass is 16.3. The summed E-state index contributed by atoms with van der Waals surface area (Å²) in [4.78, 5) is 2.48. The molecule has 0 bridgehead atoms. The van der Waals surface area contributed by atoms with Crippen LogP contribution in [0.15, 0.2) is 16.7 Å². The summed E-state index contributed by atoms with van der Waals surface area (Å²) >= 11 is 0. The van der Waals surface area contributed by atoms with E-state index in [0.717, 1.165) is 37.9 Å². The molecule has 1 N–H and O–H groups in total. The van der Waals surface area contributed by atoms with Crippen LogP contribution >= 0.6 is 0 Å². The number of hydrogen-bond donors (Lipinski definition) is 1. The van der Waals surface area contributed by atoms with Crippen molar-refractivity contribution < 1.29 is 4.42 Å². The van der Waals surface area contributed by atoms with E-state index in [9.17, 15) is 0 Å². The minimum atomic E-state index is 0.802. The first-order chi connectivity index (χ1) is 9.23. The molecule has 110 valence electrons. The van der Waals surface area contributed by atoms with Gasteiger partial charge in [-0.2, -0.15) is 0 Å². The molecule has 0 saturated heterocycles. The van der Waals surface area contributed by atoms with Crippen molar-refractivity contribution in [2.24, 2.45) is 5.92 Å². The molecule has 0 radical (unpaired) electrons. The first-order valence-corrected chi connectivity index (χ1v) is 7.72. The zero-order valence-electron chi connectivity index (χ0n) is 13.0. The lowest BCUT2D eigenvalue weighted by molar-refractivity contribution is 0.211. The smallest absolute Gasteiger partial charge is 0.118 e. The first kappa shape index (κ1) is 16.3. The Kier molecular flexibility index (Phi) is 7.84. The van der Waals surface area contributed by atoms with Crippen molar-refractivity contribution in [1.82, 2.24) is 10.2 Å². The molecule has 1 aromatic heterocycles. The van der Waals surface area contributed by atoms with Crippen LogP contribution in [-0.4, -0.2) is 24.5 Å². The largest absolute Gasteiger partial charge is 0.468 e. The highest BCUT2D eigenvalue weighted by molar-refractivity contribution is 5.12. The van der Waals surface area contributed by atoms with Crippen LogP contribution < -0.4 is 5.32 Å². The van der Waals surface area contributed by atoms with Gasteiger partial charge in [0.1, 0.15) is 5.76 Å². The summed E-state index contributed by atoms with van der Waals surface area (Å²) in [6.45, 7) is 14.0. The number of nitrogens with one attached hydrogen (secondary N) is 1. The number of nitrogens with zero attached hydrogens (tertiary/aromatic N) is 1. The second kappa shape index (κ2) is 9.16. The van der Waals surface area contributed by atoms with Crippen molar-refractivity contribution >= 4 is 0 Å². The average Bonchev–Trinajstić information content (AvgIpc) is 2.88. The molecular weight excluding hydrogens is 236 g/mol. The standard InChI is InChI=1S/C16H30N2O/c1-5-14(6-2)11-18(8-4)12-16-9-15(13-19-16)10-17-7-3/h9,13-14,17H,5-8,10-12H2,1-4H3. The monoisotopic (exact) mass is 266 g/mol. The Balaban J connectivity index is 2.48. The molecule has 0 aliphatic heterocycles. The lowest BCUT2D eigenvalue weighted by Crippen LogP contribution is -2.28. The maximum atomic E-state index is 5.66. The van der Waals surface area contributed by atoms with E-state index in [4.69, 9.17) is 4.42 Å². The molecular formula is C16H30N2O. The predicted octanol–water partition coefficient (Wildman–Crippen LogP) is 3.65. The minimum absolute atomic E-state index is 0.802. The van der Waals surface area contributed by atoms with Gasteiger partial charge in [0.05, 0.1) is 12.8 Å². The molecule has 3 heteroatoms. The average molecular weight is 266 g/mol. The van der Waals surface area contributed by atoms with Crippen molar-refractivity contribution in [3.05, 3.63) is 23.7 Å². The quantitative estimate of drug-likeness (QED) is 0.701. The van der Waals surface area contributed by atoms with Gasteiger partial charge >= 0.3 is 0 Å². The number of rotatable bonds is 10. The third-order valence-electron chi connectivity index (χ3n) is 3.78. The van der Waals surface area contributed by atoms with Crippen molar-refractivity contribution in [3.8, 4) is 0 Å².